The standard InChI is InChI=1S/C17H17FN2O3/c1-23-13-10-8-12(9-11-13)4-2-5-14(21)17(22)20-16-7-3-6-15(18)19-16/h3,6-11H,2,4-5H2,1H3,(H,19,20,22). The first kappa shape index (κ1) is 16.6. The number of pyridine rings is 1. The van der Waals surface area contributed by atoms with E-state index in [0.717, 1.165) is 17.4 Å². The van der Waals surface area contributed by atoms with Crippen LogP contribution >= 0.6 is 0 Å². The molecule has 5 nitrogen and oxygen atoms in total. The monoisotopic (exact) mass is 316 g/mol. The lowest BCUT2D eigenvalue weighted by atomic mass is 10.1. The quantitative estimate of drug-likeness (QED) is 0.630. The molecule has 1 aromatic carbocycles. The van der Waals surface area contributed by atoms with Crippen LogP contribution in [0, 0.1) is 5.95 Å². The van der Waals surface area contributed by atoms with Crippen molar-refractivity contribution in [2.75, 3.05) is 12.4 Å². The van der Waals surface area contributed by atoms with Gasteiger partial charge in [0.15, 0.2) is 0 Å². The molecule has 1 aromatic heterocycles. The highest BCUT2D eigenvalue weighted by Gasteiger charge is 2.14. The number of halogens is 1. The summed E-state index contributed by atoms with van der Waals surface area (Å²) < 4.78 is 18.0. The van der Waals surface area contributed by atoms with Crippen LogP contribution in [0.25, 0.3) is 0 Å². The Labute approximate surface area is 133 Å². The van der Waals surface area contributed by atoms with Crippen LogP contribution in [-0.4, -0.2) is 23.8 Å². The minimum atomic E-state index is -0.780. The highest BCUT2D eigenvalue weighted by molar-refractivity contribution is 6.40. The average molecular weight is 316 g/mol. The molecule has 0 saturated heterocycles. The smallest absolute Gasteiger partial charge is 0.292 e. The molecule has 2 rings (SSSR count). The zero-order chi connectivity index (χ0) is 16.7. The van der Waals surface area contributed by atoms with E-state index in [1.165, 1.54) is 12.1 Å². The van der Waals surface area contributed by atoms with E-state index in [1.54, 1.807) is 7.11 Å². The number of aromatic nitrogens is 1. The van der Waals surface area contributed by atoms with Crippen molar-refractivity contribution in [3.8, 4) is 5.75 Å². The maximum atomic E-state index is 12.9. The molecule has 0 fully saturated rings. The van der Waals surface area contributed by atoms with E-state index in [9.17, 15) is 14.0 Å². The van der Waals surface area contributed by atoms with Crippen LogP contribution in [0.1, 0.15) is 18.4 Å². The summed E-state index contributed by atoms with van der Waals surface area (Å²) >= 11 is 0. The highest BCUT2D eigenvalue weighted by atomic mass is 19.1. The number of ether oxygens (including phenoxy) is 1. The van der Waals surface area contributed by atoms with Gasteiger partial charge in [0.2, 0.25) is 11.7 Å². The van der Waals surface area contributed by atoms with E-state index >= 15 is 0 Å². The van der Waals surface area contributed by atoms with Gasteiger partial charge in [-0.25, -0.2) is 4.98 Å². The Morgan fingerprint density at radius 3 is 2.57 bits per heavy atom. The second-order valence-electron chi connectivity index (χ2n) is 4.92. The summed E-state index contributed by atoms with van der Waals surface area (Å²) in [4.78, 5) is 27.0. The summed E-state index contributed by atoms with van der Waals surface area (Å²) in [5.74, 6) is -1.25. The number of methoxy groups -OCH3 is 1. The molecule has 0 bridgehead atoms. The molecule has 2 aromatic rings. The second kappa shape index (κ2) is 8.03. The van der Waals surface area contributed by atoms with Crippen molar-refractivity contribution in [1.82, 2.24) is 4.98 Å². The molecule has 23 heavy (non-hydrogen) atoms. The number of ketones is 1. The van der Waals surface area contributed by atoms with Gasteiger partial charge < -0.3 is 10.1 Å². The Balaban J connectivity index is 1.78. The summed E-state index contributed by atoms with van der Waals surface area (Å²) in [6.07, 6.45) is 1.35. The fourth-order valence-corrected chi connectivity index (χ4v) is 2.02. The van der Waals surface area contributed by atoms with Gasteiger partial charge in [-0.3, -0.25) is 9.59 Å². The van der Waals surface area contributed by atoms with Crippen molar-refractivity contribution in [2.45, 2.75) is 19.3 Å². The predicted molar refractivity (Wildman–Crippen MR) is 83.8 cm³/mol. The minimum Gasteiger partial charge on any atom is -0.497 e. The number of Topliss-reactive ketones (excluding diaryl/α,β-unsaturated/α-hetero) is 1. The average Bonchev–Trinajstić information content (AvgIpc) is 2.55. The van der Waals surface area contributed by atoms with Crippen LogP contribution in [0.2, 0.25) is 0 Å². The summed E-state index contributed by atoms with van der Waals surface area (Å²) in [7, 11) is 1.60. The lowest BCUT2D eigenvalue weighted by Crippen LogP contribution is -2.23. The van der Waals surface area contributed by atoms with Crippen LogP contribution in [0.15, 0.2) is 42.5 Å². The summed E-state index contributed by atoms with van der Waals surface area (Å²) in [6.45, 7) is 0. The normalized spacial score (nSPS) is 10.2. The first-order valence-electron chi connectivity index (χ1n) is 7.18. The molecule has 0 aliphatic carbocycles. The lowest BCUT2D eigenvalue weighted by molar-refractivity contribution is -0.134. The maximum absolute atomic E-state index is 12.9. The van der Waals surface area contributed by atoms with E-state index in [-0.39, 0.29) is 12.2 Å². The number of hydrogen-bond acceptors (Lipinski definition) is 4. The van der Waals surface area contributed by atoms with E-state index in [0.29, 0.717) is 12.8 Å². The molecule has 1 heterocycles. The Morgan fingerprint density at radius 2 is 1.91 bits per heavy atom. The van der Waals surface area contributed by atoms with Gasteiger partial charge in [-0.05, 0) is 42.7 Å². The third-order valence-electron chi connectivity index (χ3n) is 3.24. The molecule has 120 valence electrons. The summed E-state index contributed by atoms with van der Waals surface area (Å²) in [5, 5.41) is 2.29. The van der Waals surface area contributed by atoms with Gasteiger partial charge in [0.1, 0.15) is 11.6 Å². The number of nitrogens with one attached hydrogen (secondary N) is 1. The van der Waals surface area contributed by atoms with Crippen LogP contribution in [0.3, 0.4) is 0 Å². The van der Waals surface area contributed by atoms with Crippen molar-refractivity contribution in [2.24, 2.45) is 0 Å². The van der Waals surface area contributed by atoms with E-state index in [4.69, 9.17) is 4.74 Å². The molecular weight excluding hydrogens is 299 g/mol. The Kier molecular flexibility index (Phi) is 5.80. The number of amides is 1. The van der Waals surface area contributed by atoms with Gasteiger partial charge >= 0.3 is 0 Å². The number of carbonyl (C=O) groups is 2. The first-order valence-corrected chi connectivity index (χ1v) is 7.18. The molecule has 0 saturated carbocycles. The van der Waals surface area contributed by atoms with Crippen LogP contribution in [0.4, 0.5) is 10.2 Å². The zero-order valence-electron chi connectivity index (χ0n) is 12.7. The van der Waals surface area contributed by atoms with Gasteiger partial charge in [-0.15, -0.1) is 0 Å². The minimum absolute atomic E-state index is 0.0264. The molecule has 1 amide bonds. The largest absolute Gasteiger partial charge is 0.497 e. The third-order valence-corrected chi connectivity index (χ3v) is 3.24. The molecular formula is C17H17FN2O3. The summed E-state index contributed by atoms with van der Waals surface area (Å²) in [6, 6.07) is 11.5. The fourth-order valence-electron chi connectivity index (χ4n) is 2.02. The molecule has 0 spiro atoms. The highest BCUT2D eigenvalue weighted by Crippen LogP contribution is 2.13. The number of hydrogen-bond donors (Lipinski definition) is 1. The van der Waals surface area contributed by atoms with Gasteiger partial charge in [-0.2, -0.15) is 4.39 Å². The van der Waals surface area contributed by atoms with E-state index in [2.05, 4.69) is 10.3 Å². The molecule has 0 aliphatic heterocycles. The van der Waals surface area contributed by atoms with Crippen molar-refractivity contribution < 1.29 is 18.7 Å². The van der Waals surface area contributed by atoms with Crippen molar-refractivity contribution in [3.05, 3.63) is 54.0 Å². The van der Waals surface area contributed by atoms with Gasteiger partial charge in [0.25, 0.3) is 5.91 Å². The molecule has 0 aliphatic rings. The number of anilines is 1. The molecule has 0 radical (unpaired) electrons. The molecule has 0 unspecified atom stereocenters. The Morgan fingerprint density at radius 1 is 1.17 bits per heavy atom. The van der Waals surface area contributed by atoms with Crippen molar-refractivity contribution in [3.63, 3.8) is 0 Å². The maximum Gasteiger partial charge on any atom is 0.292 e. The van der Waals surface area contributed by atoms with Crippen LogP contribution in [-0.2, 0) is 16.0 Å². The Hall–Kier alpha value is -2.76. The molecule has 1 N–H and O–H groups in total. The number of aryl methyl sites for hydroxylation is 1. The van der Waals surface area contributed by atoms with Crippen LogP contribution < -0.4 is 10.1 Å². The SMILES string of the molecule is COc1ccc(CCCC(=O)C(=O)Nc2cccc(F)n2)cc1. The topological polar surface area (TPSA) is 68.3 Å². The zero-order valence-corrected chi connectivity index (χ0v) is 12.7. The lowest BCUT2D eigenvalue weighted by Gasteiger charge is -2.05. The van der Waals surface area contributed by atoms with Gasteiger partial charge in [-0.1, -0.05) is 18.2 Å². The first-order chi connectivity index (χ1) is 11.1. The van der Waals surface area contributed by atoms with Crippen molar-refractivity contribution >= 4 is 17.5 Å². The predicted octanol–water partition coefficient (Wildman–Crippen LogP) is 2.76. The summed E-state index contributed by atoms with van der Waals surface area (Å²) in [5.41, 5.74) is 1.06. The third kappa shape index (κ3) is 5.18. The fraction of sp³-hybridized carbons (Fsp3) is 0.235. The van der Waals surface area contributed by atoms with E-state index in [1.807, 2.05) is 24.3 Å². The number of rotatable bonds is 7. The number of carbonyl (C=O) groups excluding carboxylic acids is 2. The van der Waals surface area contributed by atoms with E-state index < -0.39 is 17.6 Å². The van der Waals surface area contributed by atoms with Crippen molar-refractivity contribution in [1.29, 1.82) is 0 Å². The number of nitrogens with zero attached hydrogens (tertiary/aromatic N) is 1. The van der Waals surface area contributed by atoms with Crippen LogP contribution in [0.5, 0.6) is 5.75 Å². The molecule has 6 heteroatoms. The van der Waals surface area contributed by atoms with Gasteiger partial charge in [0.05, 0.1) is 7.11 Å². The molecule has 0 atom stereocenters. The van der Waals surface area contributed by atoms with Gasteiger partial charge in [0, 0.05) is 6.42 Å². The number of benzene rings is 1. The second-order valence-corrected chi connectivity index (χ2v) is 4.92. The Bertz CT molecular complexity index is 686.